The number of piperidine rings is 1. The van der Waals surface area contributed by atoms with E-state index in [4.69, 9.17) is 15.5 Å². The topological polar surface area (TPSA) is 82.1 Å². The molecule has 172 valence electrons. The van der Waals surface area contributed by atoms with Crippen LogP contribution in [0.2, 0.25) is 0 Å². The van der Waals surface area contributed by atoms with Gasteiger partial charge in [-0.15, -0.1) is 0 Å². The van der Waals surface area contributed by atoms with E-state index < -0.39 is 0 Å². The number of nitrogens with two attached hydrogens (primary N) is 1. The third-order valence-electron chi connectivity index (χ3n) is 6.81. The Labute approximate surface area is 194 Å². The largest absolute Gasteiger partial charge is 0.494 e. The Morgan fingerprint density at radius 3 is 2.61 bits per heavy atom. The van der Waals surface area contributed by atoms with E-state index in [0.717, 1.165) is 58.5 Å². The summed E-state index contributed by atoms with van der Waals surface area (Å²) in [5, 5.41) is 7.65. The zero-order chi connectivity index (χ0) is 22.8. The first-order valence-corrected chi connectivity index (χ1v) is 12.0. The maximum absolute atomic E-state index is 6.32. The summed E-state index contributed by atoms with van der Waals surface area (Å²) in [7, 11) is 0. The van der Waals surface area contributed by atoms with Crippen molar-refractivity contribution in [3.8, 4) is 17.1 Å². The second-order valence-corrected chi connectivity index (χ2v) is 8.86. The fraction of sp³-hybridized carbons (Fsp3) is 0.423. The lowest BCUT2D eigenvalue weighted by atomic mass is 9.93. The number of hydrogen-bond acceptors (Lipinski definition) is 6. The van der Waals surface area contributed by atoms with Crippen LogP contribution >= 0.6 is 0 Å². The molecule has 2 N–H and O–H groups in total. The Hall–Kier alpha value is -3.19. The maximum atomic E-state index is 6.32. The molecule has 1 saturated heterocycles. The van der Waals surface area contributed by atoms with E-state index in [1.165, 1.54) is 25.9 Å². The Bertz CT molecular complexity index is 1260. The lowest BCUT2D eigenvalue weighted by Crippen LogP contribution is -2.33. The highest BCUT2D eigenvalue weighted by atomic mass is 16.5. The van der Waals surface area contributed by atoms with Gasteiger partial charge in [0.15, 0.2) is 11.5 Å². The van der Waals surface area contributed by atoms with Crippen LogP contribution in [0.25, 0.3) is 33.2 Å². The van der Waals surface area contributed by atoms with E-state index in [1.807, 2.05) is 23.7 Å². The van der Waals surface area contributed by atoms with Crippen LogP contribution in [0, 0.1) is 5.92 Å². The van der Waals surface area contributed by atoms with E-state index in [1.54, 1.807) is 6.20 Å². The Morgan fingerprint density at radius 1 is 1.03 bits per heavy atom. The van der Waals surface area contributed by atoms with Crippen molar-refractivity contribution in [1.82, 2.24) is 24.6 Å². The molecule has 0 unspecified atom stereocenters. The number of rotatable bonds is 7. The summed E-state index contributed by atoms with van der Waals surface area (Å²) in [6, 6.07) is 12.3. The summed E-state index contributed by atoms with van der Waals surface area (Å²) in [6.07, 6.45) is 5.44. The van der Waals surface area contributed by atoms with E-state index in [-0.39, 0.29) is 0 Å². The van der Waals surface area contributed by atoms with Gasteiger partial charge in [0.05, 0.1) is 18.2 Å². The number of benzene rings is 2. The Kier molecular flexibility index (Phi) is 6.13. The van der Waals surface area contributed by atoms with Crippen molar-refractivity contribution in [2.24, 2.45) is 5.92 Å². The molecule has 0 atom stereocenters. The zero-order valence-electron chi connectivity index (χ0n) is 19.5. The van der Waals surface area contributed by atoms with Crippen molar-refractivity contribution in [2.45, 2.75) is 39.7 Å². The fourth-order valence-electron chi connectivity index (χ4n) is 4.79. The second kappa shape index (κ2) is 9.35. The first kappa shape index (κ1) is 21.6. The molecule has 4 aromatic rings. The number of anilines is 1. The van der Waals surface area contributed by atoms with Crippen molar-refractivity contribution in [3.63, 3.8) is 0 Å². The molecule has 0 aliphatic carbocycles. The molecular weight excluding hydrogens is 412 g/mol. The molecule has 2 aromatic carbocycles. The molecule has 7 nitrogen and oxygen atoms in total. The zero-order valence-corrected chi connectivity index (χ0v) is 19.5. The third kappa shape index (κ3) is 4.50. The molecule has 1 aliphatic rings. The first-order valence-electron chi connectivity index (χ1n) is 12.0. The molecule has 5 rings (SSSR count). The van der Waals surface area contributed by atoms with Crippen molar-refractivity contribution >= 4 is 27.6 Å². The van der Waals surface area contributed by atoms with Crippen LogP contribution < -0.4 is 10.5 Å². The van der Waals surface area contributed by atoms with Crippen LogP contribution in [0.1, 0.15) is 33.1 Å². The predicted octanol–water partition coefficient (Wildman–Crippen LogP) is 4.75. The minimum atomic E-state index is 0.476. The van der Waals surface area contributed by atoms with E-state index in [9.17, 15) is 0 Å². The summed E-state index contributed by atoms with van der Waals surface area (Å²) in [5.41, 5.74) is 8.08. The van der Waals surface area contributed by atoms with Crippen molar-refractivity contribution in [1.29, 1.82) is 0 Å². The number of aryl methyl sites for hydroxylation is 1. The van der Waals surface area contributed by atoms with Crippen LogP contribution in [0.3, 0.4) is 0 Å². The van der Waals surface area contributed by atoms with E-state index in [2.05, 4.69) is 46.2 Å². The highest BCUT2D eigenvalue weighted by molar-refractivity contribution is 5.90. The number of nitrogen functional groups attached to an aromatic ring is 1. The van der Waals surface area contributed by atoms with Crippen molar-refractivity contribution in [2.75, 3.05) is 32.0 Å². The summed E-state index contributed by atoms with van der Waals surface area (Å²) in [6.45, 7) is 9.30. The van der Waals surface area contributed by atoms with E-state index in [0.29, 0.717) is 18.2 Å². The van der Waals surface area contributed by atoms with Gasteiger partial charge in [0.2, 0.25) is 0 Å². The highest BCUT2D eigenvalue weighted by Gasteiger charge is 2.19. The summed E-state index contributed by atoms with van der Waals surface area (Å²) >= 11 is 0. The molecule has 1 aliphatic heterocycles. The van der Waals surface area contributed by atoms with Gasteiger partial charge in [-0.05, 0) is 80.7 Å². The smallest absolute Gasteiger partial charge is 0.164 e. The molecule has 2 aromatic heterocycles. The minimum absolute atomic E-state index is 0.476. The lowest BCUT2D eigenvalue weighted by molar-refractivity contribution is 0.183. The number of likely N-dealkylation sites (tertiary alicyclic amines) is 1. The molecule has 0 amide bonds. The number of hydrogen-bond donors (Lipinski definition) is 1. The van der Waals surface area contributed by atoms with Gasteiger partial charge in [0.1, 0.15) is 11.6 Å². The standard InChI is InChI=1S/C26H32N6O/c1-3-31-12-9-18(10-13-31)11-14-32-26-23(17-28-32)24(27)29-25(30-26)21-6-5-20-16-22(33-4-2)8-7-19(20)15-21/h5-8,15-18H,3-4,9-14H2,1-2H3,(H2,27,29,30). The average molecular weight is 445 g/mol. The molecule has 1 fully saturated rings. The molecule has 7 heteroatoms. The number of aromatic nitrogens is 4. The molecule has 33 heavy (non-hydrogen) atoms. The minimum Gasteiger partial charge on any atom is -0.494 e. The number of fused-ring (bicyclic) bond motifs is 2. The van der Waals surface area contributed by atoms with Gasteiger partial charge in [-0.25, -0.2) is 14.6 Å². The summed E-state index contributed by atoms with van der Waals surface area (Å²) in [4.78, 5) is 12.0. The SMILES string of the molecule is CCOc1ccc2cc(-c3nc(N)c4cnn(CCC5CCN(CC)CC5)c4n3)ccc2c1. The molecule has 3 heterocycles. The predicted molar refractivity (Wildman–Crippen MR) is 133 cm³/mol. The number of nitrogens with zero attached hydrogens (tertiary/aromatic N) is 5. The van der Waals surface area contributed by atoms with Gasteiger partial charge in [-0.3, -0.25) is 0 Å². The first-order chi connectivity index (χ1) is 16.1. The second-order valence-electron chi connectivity index (χ2n) is 8.86. The Balaban J connectivity index is 1.39. The summed E-state index contributed by atoms with van der Waals surface area (Å²) < 4.78 is 7.62. The highest BCUT2D eigenvalue weighted by Crippen LogP contribution is 2.28. The van der Waals surface area contributed by atoms with Gasteiger partial charge in [0, 0.05) is 12.1 Å². The van der Waals surface area contributed by atoms with E-state index >= 15 is 0 Å². The number of ether oxygens (including phenoxy) is 1. The third-order valence-corrected chi connectivity index (χ3v) is 6.81. The molecule has 0 bridgehead atoms. The fourth-order valence-corrected chi connectivity index (χ4v) is 4.79. The summed E-state index contributed by atoms with van der Waals surface area (Å²) in [5.74, 6) is 2.73. The average Bonchev–Trinajstić information content (AvgIpc) is 3.26. The molecule has 0 saturated carbocycles. The normalized spacial score (nSPS) is 15.5. The quantitative estimate of drug-likeness (QED) is 0.443. The van der Waals surface area contributed by atoms with Gasteiger partial charge in [0.25, 0.3) is 0 Å². The molecule has 0 spiro atoms. The van der Waals surface area contributed by atoms with Crippen LogP contribution in [-0.4, -0.2) is 50.9 Å². The van der Waals surface area contributed by atoms with Gasteiger partial charge in [-0.2, -0.15) is 5.10 Å². The van der Waals surface area contributed by atoms with Crippen LogP contribution in [0.4, 0.5) is 5.82 Å². The van der Waals surface area contributed by atoms with Crippen LogP contribution in [0.5, 0.6) is 5.75 Å². The van der Waals surface area contributed by atoms with Crippen molar-refractivity contribution in [3.05, 3.63) is 42.6 Å². The van der Waals surface area contributed by atoms with Gasteiger partial charge < -0.3 is 15.4 Å². The molecule has 0 radical (unpaired) electrons. The lowest BCUT2D eigenvalue weighted by Gasteiger charge is -2.30. The van der Waals surface area contributed by atoms with Crippen molar-refractivity contribution < 1.29 is 4.74 Å². The monoisotopic (exact) mass is 444 g/mol. The van der Waals surface area contributed by atoms with Crippen LogP contribution in [-0.2, 0) is 6.54 Å². The van der Waals surface area contributed by atoms with Gasteiger partial charge in [-0.1, -0.05) is 25.1 Å². The maximum Gasteiger partial charge on any atom is 0.164 e. The van der Waals surface area contributed by atoms with Gasteiger partial charge >= 0.3 is 0 Å². The Morgan fingerprint density at radius 2 is 1.82 bits per heavy atom. The molecular formula is C26H32N6O. The van der Waals surface area contributed by atoms with Crippen LogP contribution in [0.15, 0.2) is 42.6 Å².